The van der Waals surface area contributed by atoms with E-state index in [0.717, 1.165) is 10.8 Å². The van der Waals surface area contributed by atoms with Gasteiger partial charge in [-0.25, -0.2) is 4.98 Å². The Hall–Kier alpha value is -1.39. The summed E-state index contributed by atoms with van der Waals surface area (Å²) in [5, 5.41) is 6.67. The maximum absolute atomic E-state index is 5.47. The van der Waals surface area contributed by atoms with Gasteiger partial charge in [0, 0.05) is 23.2 Å². The summed E-state index contributed by atoms with van der Waals surface area (Å²) in [7, 11) is 1.72. The molecule has 0 radical (unpaired) electrons. The third-order valence-electron chi connectivity index (χ3n) is 3.18. The Kier molecular flexibility index (Phi) is 4.56. The third kappa shape index (κ3) is 3.33. The lowest BCUT2D eigenvalue weighted by atomic mass is 10.0. The Bertz CT molecular complexity index is 525. The van der Waals surface area contributed by atoms with Crippen LogP contribution < -0.4 is 10.1 Å². The highest BCUT2D eigenvalue weighted by Gasteiger charge is 2.16. The lowest BCUT2D eigenvalue weighted by Crippen LogP contribution is -2.22. The second kappa shape index (κ2) is 6.17. The molecule has 0 bridgehead atoms. The topological polar surface area (TPSA) is 34.1 Å². The summed E-state index contributed by atoms with van der Waals surface area (Å²) in [4.78, 5) is 4.34. The summed E-state index contributed by atoms with van der Waals surface area (Å²) >= 11 is 1.68. The van der Waals surface area contributed by atoms with Gasteiger partial charge < -0.3 is 10.1 Å². The standard InChI is InChI=1S/C15H20N2OS/c1-10-5-6-13(14(9-10)18-4)11(2)17-12(3)15-16-7-8-19-15/h5-9,11-12,17H,1-4H3. The Morgan fingerprint density at radius 3 is 2.68 bits per heavy atom. The summed E-state index contributed by atoms with van der Waals surface area (Å²) in [5.41, 5.74) is 2.39. The number of nitrogens with one attached hydrogen (secondary N) is 1. The van der Waals surface area contributed by atoms with Crippen LogP contribution in [0.1, 0.15) is 42.1 Å². The normalized spacial score (nSPS) is 14.1. The van der Waals surface area contributed by atoms with Gasteiger partial charge >= 0.3 is 0 Å². The van der Waals surface area contributed by atoms with Gasteiger partial charge in [-0.15, -0.1) is 11.3 Å². The molecular formula is C15H20N2OS. The fourth-order valence-corrected chi connectivity index (χ4v) is 2.82. The number of thiazole rings is 1. The van der Waals surface area contributed by atoms with Crippen LogP contribution in [0.3, 0.4) is 0 Å². The van der Waals surface area contributed by atoms with Crippen molar-refractivity contribution in [2.45, 2.75) is 32.9 Å². The first-order chi connectivity index (χ1) is 9.11. The second-order valence-electron chi connectivity index (χ2n) is 4.73. The maximum Gasteiger partial charge on any atom is 0.123 e. The number of hydrogen-bond acceptors (Lipinski definition) is 4. The van der Waals surface area contributed by atoms with Crippen LogP contribution >= 0.6 is 11.3 Å². The number of rotatable bonds is 5. The van der Waals surface area contributed by atoms with E-state index in [0.29, 0.717) is 0 Å². The van der Waals surface area contributed by atoms with Crippen LogP contribution in [0.25, 0.3) is 0 Å². The van der Waals surface area contributed by atoms with Crippen LogP contribution in [0.15, 0.2) is 29.8 Å². The van der Waals surface area contributed by atoms with Gasteiger partial charge in [0.2, 0.25) is 0 Å². The molecule has 1 heterocycles. The van der Waals surface area contributed by atoms with Gasteiger partial charge in [-0.3, -0.25) is 0 Å². The number of ether oxygens (including phenoxy) is 1. The molecule has 2 unspecified atom stereocenters. The molecule has 0 aliphatic rings. The van der Waals surface area contributed by atoms with Gasteiger partial charge in [0.1, 0.15) is 10.8 Å². The van der Waals surface area contributed by atoms with E-state index in [9.17, 15) is 0 Å². The van der Waals surface area contributed by atoms with E-state index in [2.05, 4.69) is 49.3 Å². The fraction of sp³-hybridized carbons (Fsp3) is 0.400. The zero-order chi connectivity index (χ0) is 13.8. The van der Waals surface area contributed by atoms with E-state index in [1.807, 2.05) is 11.6 Å². The van der Waals surface area contributed by atoms with Crippen LogP contribution in [-0.2, 0) is 0 Å². The first-order valence-electron chi connectivity index (χ1n) is 6.41. The van der Waals surface area contributed by atoms with Crippen molar-refractivity contribution in [1.82, 2.24) is 10.3 Å². The van der Waals surface area contributed by atoms with Crippen molar-refractivity contribution in [3.8, 4) is 5.75 Å². The number of nitrogens with zero attached hydrogens (tertiary/aromatic N) is 1. The molecule has 0 aliphatic heterocycles. The summed E-state index contributed by atoms with van der Waals surface area (Å²) in [5.74, 6) is 0.936. The number of hydrogen-bond donors (Lipinski definition) is 1. The fourth-order valence-electron chi connectivity index (χ4n) is 2.16. The zero-order valence-corrected chi connectivity index (χ0v) is 12.6. The monoisotopic (exact) mass is 276 g/mol. The molecule has 1 aromatic carbocycles. The van der Waals surface area contributed by atoms with Crippen molar-refractivity contribution in [2.24, 2.45) is 0 Å². The molecule has 0 amide bonds. The van der Waals surface area contributed by atoms with Crippen LogP contribution in [0, 0.1) is 6.92 Å². The third-order valence-corrected chi connectivity index (χ3v) is 4.14. The van der Waals surface area contributed by atoms with Crippen LogP contribution in [0.5, 0.6) is 5.75 Å². The number of aromatic nitrogens is 1. The highest BCUT2D eigenvalue weighted by Crippen LogP contribution is 2.28. The van der Waals surface area contributed by atoms with Gasteiger partial charge in [-0.1, -0.05) is 12.1 Å². The van der Waals surface area contributed by atoms with E-state index in [4.69, 9.17) is 4.74 Å². The van der Waals surface area contributed by atoms with E-state index < -0.39 is 0 Å². The molecule has 3 nitrogen and oxygen atoms in total. The second-order valence-corrected chi connectivity index (χ2v) is 5.65. The molecule has 0 aliphatic carbocycles. The minimum Gasteiger partial charge on any atom is -0.496 e. The molecule has 2 rings (SSSR count). The average Bonchev–Trinajstić information content (AvgIpc) is 2.92. The average molecular weight is 276 g/mol. The van der Waals surface area contributed by atoms with Crippen LogP contribution in [-0.4, -0.2) is 12.1 Å². The Balaban J connectivity index is 2.13. The molecule has 102 valence electrons. The summed E-state index contributed by atoms with van der Waals surface area (Å²) in [6.07, 6.45) is 1.84. The minimum atomic E-state index is 0.217. The maximum atomic E-state index is 5.47. The van der Waals surface area contributed by atoms with Crippen molar-refractivity contribution in [1.29, 1.82) is 0 Å². The molecule has 0 saturated heterocycles. The van der Waals surface area contributed by atoms with Crippen LogP contribution in [0.4, 0.5) is 0 Å². The lowest BCUT2D eigenvalue weighted by Gasteiger charge is -2.21. The minimum absolute atomic E-state index is 0.217. The molecule has 0 saturated carbocycles. The van der Waals surface area contributed by atoms with Crippen molar-refractivity contribution >= 4 is 11.3 Å². The largest absolute Gasteiger partial charge is 0.496 e. The Morgan fingerprint density at radius 2 is 2.05 bits per heavy atom. The highest BCUT2D eigenvalue weighted by atomic mass is 32.1. The smallest absolute Gasteiger partial charge is 0.123 e. The first-order valence-corrected chi connectivity index (χ1v) is 7.29. The molecular weight excluding hydrogens is 256 g/mol. The van der Waals surface area contributed by atoms with Gasteiger partial charge in [0.25, 0.3) is 0 Å². The lowest BCUT2D eigenvalue weighted by molar-refractivity contribution is 0.396. The summed E-state index contributed by atoms with van der Waals surface area (Å²) in [6, 6.07) is 6.77. The van der Waals surface area contributed by atoms with Crippen LogP contribution in [0.2, 0.25) is 0 Å². The highest BCUT2D eigenvalue weighted by molar-refractivity contribution is 7.09. The predicted molar refractivity (Wildman–Crippen MR) is 79.8 cm³/mol. The quantitative estimate of drug-likeness (QED) is 0.900. The molecule has 2 aromatic rings. The Morgan fingerprint density at radius 1 is 1.26 bits per heavy atom. The molecule has 4 heteroatoms. The summed E-state index contributed by atoms with van der Waals surface area (Å²) < 4.78 is 5.47. The summed E-state index contributed by atoms with van der Waals surface area (Å²) in [6.45, 7) is 6.36. The molecule has 2 atom stereocenters. The molecule has 19 heavy (non-hydrogen) atoms. The van der Waals surface area contributed by atoms with Crippen molar-refractivity contribution in [2.75, 3.05) is 7.11 Å². The molecule has 0 fully saturated rings. The predicted octanol–water partition coefficient (Wildman–Crippen LogP) is 3.87. The zero-order valence-electron chi connectivity index (χ0n) is 11.8. The van der Waals surface area contributed by atoms with Gasteiger partial charge in [-0.05, 0) is 32.4 Å². The SMILES string of the molecule is COc1cc(C)ccc1C(C)NC(C)c1nccs1. The van der Waals surface area contributed by atoms with Gasteiger partial charge in [0.05, 0.1) is 13.2 Å². The van der Waals surface area contributed by atoms with E-state index in [1.54, 1.807) is 18.4 Å². The number of aryl methyl sites for hydroxylation is 1. The van der Waals surface area contributed by atoms with E-state index >= 15 is 0 Å². The van der Waals surface area contributed by atoms with E-state index in [1.165, 1.54) is 11.1 Å². The van der Waals surface area contributed by atoms with Crippen molar-refractivity contribution in [3.63, 3.8) is 0 Å². The van der Waals surface area contributed by atoms with Crippen molar-refractivity contribution in [3.05, 3.63) is 45.9 Å². The van der Waals surface area contributed by atoms with Crippen molar-refractivity contribution < 1.29 is 4.74 Å². The first kappa shape index (κ1) is 14.0. The Labute approximate surface area is 118 Å². The van der Waals surface area contributed by atoms with Gasteiger partial charge in [-0.2, -0.15) is 0 Å². The van der Waals surface area contributed by atoms with Gasteiger partial charge in [0.15, 0.2) is 0 Å². The molecule has 0 spiro atoms. The molecule has 1 N–H and O–H groups in total. The number of methoxy groups -OCH3 is 1. The molecule has 1 aromatic heterocycles. The number of benzene rings is 1. The van der Waals surface area contributed by atoms with E-state index in [-0.39, 0.29) is 12.1 Å².